The Labute approximate surface area is 140 Å². The van der Waals surface area contributed by atoms with Gasteiger partial charge in [0.2, 0.25) is 5.91 Å². The Morgan fingerprint density at radius 1 is 1.25 bits per heavy atom. The average Bonchev–Trinajstić information content (AvgIpc) is 3.15. The van der Waals surface area contributed by atoms with Gasteiger partial charge in [0.25, 0.3) is 0 Å². The average molecular weight is 328 g/mol. The number of halogens is 1. The first-order valence-corrected chi connectivity index (χ1v) is 8.41. The van der Waals surface area contributed by atoms with E-state index in [0.717, 1.165) is 43.7 Å². The zero-order valence-electron chi connectivity index (χ0n) is 13.8. The molecule has 24 heavy (non-hydrogen) atoms. The molecule has 1 atom stereocenters. The van der Waals surface area contributed by atoms with Crippen molar-refractivity contribution in [1.82, 2.24) is 19.6 Å². The van der Waals surface area contributed by atoms with E-state index in [1.165, 1.54) is 12.1 Å². The van der Waals surface area contributed by atoms with E-state index in [9.17, 15) is 9.18 Å². The first kappa shape index (κ1) is 15.3. The van der Waals surface area contributed by atoms with E-state index >= 15 is 0 Å². The maximum Gasteiger partial charge on any atom is 0.224 e. The van der Waals surface area contributed by atoms with Gasteiger partial charge in [-0.25, -0.2) is 9.07 Å². The molecule has 2 aliphatic rings. The molecule has 2 saturated heterocycles. The quantitative estimate of drug-likeness (QED) is 0.869. The summed E-state index contributed by atoms with van der Waals surface area (Å²) >= 11 is 0. The summed E-state index contributed by atoms with van der Waals surface area (Å²) < 4.78 is 14.8. The second kappa shape index (κ2) is 5.70. The molecule has 0 aliphatic carbocycles. The fraction of sp³-hybridized carbons (Fsp3) is 0.444. The minimum atomic E-state index is -0.252. The van der Waals surface area contributed by atoms with Gasteiger partial charge in [-0.15, -0.1) is 0 Å². The molecular formula is C18H21FN4O. The fourth-order valence-corrected chi connectivity index (χ4v) is 3.88. The minimum absolute atomic E-state index is 0.173. The monoisotopic (exact) mass is 328 g/mol. The lowest BCUT2D eigenvalue weighted by Crippen LogP contribution is -2.60. The Bertz CT molecular complexity index is 757. The van der Waals surface area contributed by atoms with Crippen LogP contribution in [0.5, 0.6) is 0 Å². The van der Waals surface area contributed by atoms with Gasteiger partial charge in [0.15, 0.2) is 0 Å². The van der Waals surface area contributed by atoms with Crippen molar-refractivity contribution in [2.75, 3.05) is 13.1 Å². The van der Waals surface area contributed by atoms with Gasteiger partial charge < -0.3 is 4.90 Å². The molecule has 3 heterocycles. The van der Waals surface area contributed by atoms with Gasteiger partial charge >= 0.3 is 0 Å². The number of amides is 1. The van der Waals surface area contributed by atoms with Crippen LogP contribution in [0.15, 0.2) is 36.7 Å². The number of carbonyl (C=O) groups is 1. The Morgan fingerprint density at radius 2 is 2.04 bits per heavy atom. The number of benzene rings is 1. The zero-order chi connectivity index (χ0) is 16.7. The molecule has 1 unspecified atom stereocenters. The molecule has 4 rings (SSSR count). The first-order valence-electron chi connectivity index (χ1n) is 8.41. The molecule has 0 spiro atoms. The molecule has 6 heteroatoms. The minimum Gasteiger partial charge on any atom is -0.324 e. The Morgan fingerprint density at radius 3 is 2.83 bits per heavy atom. The van der Waals surface area contributed by atoms with Gasteiger partial charge in [-0.2, -0.15) is 5.10 Å². The van der Waals surface area contributed by atoms with E-state index in [2.05, 4.69) is 16.9 Å². The molecule has 0 radical (unpaired) electrons. The predicted molar refractivity (Wildman–Crippen MR) is 87.9 cm³/mol. The summed E-state index contributed by atoms with van der Waals surface area (Å²) in [6.45, 7) is 4.78. The van der Waals surface area contributed by atoms with Gasteiger partial charge in [-0.05, 0) is 44.0 Å². The van der Waals surface area contributed by atoms with E-state index in [1.807, 2.05) is 17.3 Å². The smallest absolute Gasteiger partial charge is 0.224 e. The number of rotatable bonds is 3. The van der Waals surface area contributed by atoms with Crippen LogP contribution in [-0.4, -0.2) is 44.2 Å². The van der Waals surface area contributed by atoms with Crippen molar-refractivity contribution in [2.24, 2.45) is 0 Å². The number of hydrogen-bond acceptors (Lipinski definition) is 3. The third-order valence-electron chi connectivity index (χ3n) is 5.29. The van der Waals surface area contributed by atoms with Crippen LogP contribution < -0.4 is 0 Å². The van der Waals surface area contributed by atoms with Crippen molar-refractivity contribution < 1.29 is 9.18 Å². The second-order valence-corrected chi connectivity index (χ2v) is 6.81. The summed E-state index contributed by atoms with van der Waals surface area (Å²) in [6.07, 6.45) is 6.36. The maximum atomic E-state index is 13.0. The van der Waals surface area contributed by atoms with E-state index in [1.54, 1.807) is 16.8 Å². The standard InChI is InChI=1S/C18H21FN4O/c1-18-8-7-17(24)22(18)10-2-9-21(18)12-14-11-20-23(13-14)16-5-3-15(19)4-6-16/h3-6,11,13H,2,7-10,12H2,1H3. The summed E-state index contributed by atoms with van der Waals surface area (Å²) in [7, 11) is 0. The Balaban J connectivity index is 1.53. The predicted octanol–water partition coefficient (Wildman–Crippen LogP) is 2.56. The van der Waals surface area contributed by atoms with Crippen molar-refractivity contribution in [3.63, 3.8) is 0 Å². The highest BCUT2D eigenvalue weighted by molar-refractivity contribution is 5.79. The van der Waals surface area contributed by atoms with E-state index in [4.69, 9.17) is 0 Å². The molecule has 1 aromatic carbocycles. The Hall–Kier alpha value is -2.21. The van der Waals surface area contributed by atoms with Crippen LogP contribution in [0.1, 0.15) is 31.7 Å². The Kier molecular flexibility index (Phi) is 3.64. The molecule has 2 fully saturated rings. The molecule has 0 bridgehead atoms. The fourth-order valence-electron chi connectivity index (χ4n) is 3.88. The van der Waals surface area contributed by atoms with Gasteiger partial charge in [-0.1, -0.05) is 0 Å². The van der Waals surface area contributed by atoms with Crippen molar-refractivity contribution in [2.45, 2.75) is 38.4 Å². The van der Waals surface area contributed by atoms with Crippen LogP contribution >= 0.6 is 0 Å². The van der Waals surface area contributed by atoms with Gasteiger partial charge in [0.1, 0.15) is 5.82 Å². The molecule has 0 saturated carbocycles. The number of aromatic nitrogens is 2. The number of fused-ring (bicyclic) bond motifs is 1. The van der Waals surface area contributed by atoms with Crippen molar-refractivity contribution >= 4 is 5.91 Å². The van der Waals surface area contributed by atoms with Crippen LogP contribution in [0, 0.1) is 5.82 Å². The van der Waals surface area contributed by atoms with Crippen LogP contribution in [0.25, 0.3) is 5.69 Å². The number of hydrogen-bond donors (Lipinski definition) is 0. The normalized spacial score (nSPS) is 24.4. The van der Waals surface area contributed by atoms with Gasteiger partial charge in [0.05, 0.1) is 17.5 Å². The van der Waals surface area contributed by atoms with Gasteiger partial charge in [-0.3, -0.25) is 9.69 Å². The molecule has 126 valence electrons. The topological polar surface area (TPSA) is 41.4 Å². The summed E-state index contributed by atoms with van der Waals surface area (Å²) in [4.78, 5) is 16.5. The van der Waals surface area contributed by atoms with E-state index in [-0.39, 0.29) is 17.4 Å². The highest BCUT2D eigenvalue weighted by Gasteiger charge is 2.47. The molecule has 1 aromatic heterocycles. The van der Waals surface area contributed by atoms with E-state index < -0.39 is 0 Å². The lowest BCUT2D eigenvalue weighted by molar-refractivity contribution is -0.141. The van der Waals surface area contributed by atoms with Crippen molar-refractivity contribution in [3.05, 3.63) is 48.0 Å². The van der Waals surface area contributed by atoms with Crippen molar-refractivity contribution in [3.8, 4) is 5.69 Å². The third-order valence-corrected chi connectivity index (χ3v) is 5.29. The van der Waals surface area contributed by atoms with Crippen LogP contribution in [0.3, 0.4) is 0 Å². The van der Waals surface area contributed by atoms with Gasteiger partial charge in [0, 0.05) is 37.8 Å². The third kappa shape index (κ3) is 2.51. The van der Waals surface area contributed by atoms with E-state index in [0.29, 0.717) is 6.42 Å². The number of carbonyl (C=O) groups excluding carboxylic acids is 1. The zero-order valence-corrected chi connectivity index (χ0v) is 13.8. The summed E-state index contributed by atoms with van der Waals surface area (Å²) in [5.41, 5.74) is 1.76. The first-order chi connectivity index (χ1) is 11.6. The summed E-state index contributed by atoms with van der Waals surface area (Å²) in [5, 5.41) is 4.39. The molecule has 2 aromatic rings. The molecule has 2 aliphatic heterocycles. The van der Waals surface area contributed by atoms with Crippen molar-refractivity contribution in [1.29, 1.82) is 0 Å². The second-order valence-electron chi connectivity index (χ2n) is 6.81. The van der Waals surface area contributed by atoms with Crippen LogP contribution in [0.4, 0.5) is 4.39 Å². The molecule has 5 nitrogen and oxygen atoms in total. The lowest BCUT2D eigenvalue weighted by Gasteiger charge is -2.48. The highest BCUT2D eigenvalue weighted by atomic mass is 19.1. The maximum absolute atomic E-state index is 13.0. The lowest BCUT2D eigenvalue weighted by atomic mass is 10.0. The largest absolute Gasteiger partial charge is 0.324 e. The number of nitrogens with zero attached hydrogens (tertiary/aromatic N) is 4. The summed E-state index contributed by atoms with van der Waals surface area (Å²) in [5.74, 6) is 0.0163. The summed E-state index contributed by atoms with van der Waals surface area (Å²) in [6, 6.07) is 6.30. The van der Waals surface area contributed by atoms with Crippen LogP contribution in [-0.2, 0) is 11.3 Å². The molecule has 1 amide bonds. The highest BCUT2D eigenvalue weighted by Crippen LogP contribution is 2.37. The van der Waals surface area contributed by atoms with Crippen LogP contribution in [0.2, 0.25) is 0 Å². The SMILES string of the molecule is CC12CCC(=O)N1CCCN2Cc1cnn(-c2ccc(F)cc2)c1. The molecular weight excluding hydrogens is 307 g/mol. The molecule has 0 N–H and O–H groups in total.